The number of rotatable bonds is 11. The normalized spacial score (nSPS) is 29.7. The molecule has 1 saturated heterocycles. The van der Waals surface area contributed by atoms with Crippen LogP contribution in [0, 0.1) is 17.8 Å². The molecule has 4 fully saturated rings. The van der Waals surface area contributed by atoms with Gasteiger partial charge < -0.3 is 14.2 Å². The van der Waals surface area contributed by atoms with Gasteiger partial charge in [-0.05, 0) is 32.1 Å². The van der Waals surface area contributed by atoms with Gasteiger partial charge in [-0.25, -0.2) is 4.79 Å². The number of carbonyl (C=O) groups is 2. The SMILES string of the molecule is C=C(COCCCCC(F)(F)C(F)(F)S(=O)(=O)O)C(=O)OC1C2CCC3C(C2)C(=O)OC31. The summed E-state index contributed by atoms with van der Waals surface area (Å²) in [6, 6.07) is 0. The topological polar surface area (TPSA) is 116 Å². The second-order valence-electron chi connectivity index (χ2n) is 8.42. The Balaban J connectivity index is 1.37. The molecule has 0 radical (unpaired) electrons. The van der Waals surface area contributed by atoms with Crippen molar-refractivity contribution in [3.8, 4) is 0 Å². The van der Waals surface area contributed by atoms with Gasteiger partial charge in [-0.15, -0.1) is 0 Å². The van der Waals surface area contributed by atoms with Crippen LogP contribution in [0.3, 0.4) is 0 Å². The summed E-state index contributed by atoms with van der Waals surface area (Å²) in [7, 11) is -6.26. The van der Waals surface area contributed by atoms with E-state index in [-0.39, 0.29) is 48.9 Å². The fraction of sp³-hybridized carbons (Fsp3) is 0.789. The predicted octanol–water partition coefficient (Wildman–Crippen LogP) is 2.73. The van der Waals surface area contributed by atoms with Gasteiger partial charge in [-0.3, -0.25) is 9.35 Å². The van der Waals surface area contributed by atoms with Crippen molar-refractivity contribution in [1.29, 1.82) is 0 Å². The molecule has 32 heavy (non-hydrogen) atoms. The number of halogens is 4. The molecule has 5 unspecified atom stereocenters. The molecule has 0 aromatic carbocycles. The van der Waals surface area contributed by atoms with Gasteiger partial charge in [-0.1, -0.05) is 6.58 Å². The number of unbranched alkanes of at least 4 members (excludes halogenated alkanes) is 1. The molecule has 4 rings (SSSR count). The standard InChI is InChI=1S/C19H24F4O8S/c1-10(9-29-7-3-2-6-18(20,21)19(22,23)32(26,27)28)16(24)30-14-11-4-5-12-13(8-11)17(25)31-15(12)14/h11-15H,1-9H2,(H,26,27,28). The third-order valence-corrected chi connectivity index (χ3v) is 7.24. The third kappa shape index (κ3) is 4.65. The average Bonchev–Trinajstić information content (AvgIpc) is 2.97. The van der Waals surface area contributed by atoms with E-state index < -0.39 is 52.3 Å². The van der Waals surface area contributed by atoms with E-state index in [0.29, 0.717) is 6.42 Å². The van der Waals surface area contributed by atoms with Gasteiger partial charge in [0.25, 0.3) is 0 Å². The first-order valence-corrected chi connectivity index (χ1v) is 11.6. The lowest BCUT2D eigenvalue weighted by atomic mass is 9.63. The molecular formula is C19H24F4O8S. The van der Waals surface area contributed by atoms with Crippen molar-refractivity contribution in [2.75, 3.05) is 13.2 Å². The lowest BCUT2D eigenvalue weighted by Gasteiger charge is -2.43. The summed E-state index contributed by atoms with van der Waals surface area (Å²) in [4.78, 5) is 24.2. The number of carbonyl (C=O) groups excluding carboxylic acids is 2. The van der Waals surface area contributed by atoms with E-state index in [1.54, 1.807) is 0 Å². The van der Waals surface area contributed by atoms with Crippen LogP contribution in [0.5, 0.6) is 0 Å². The number of hydrogen-bond donors (Lipinski definition) is 1. The molecule has 5 atom stereocenters. The minimum atomic E-state index is -6.26. The van der Waals surface area contributed by atoms with Crippen molar-refractivity contribution in [3.05, 3.63) is 12.2 Å². The number of hydrogen-bond acceptors (Lipinski definition) is 7. The molecule has 3 aliphatic carbocycles. The molecule has 0 aromatic heterocycles. The van der Waals surface area contributed by atoms with Gasteiger partial charge >= 0.3 is 33.2 Å². The zero-order chi connectivity index (χ0) is 23.9. The fourth-order valence-electron chi connectivity index (χ4n) is 4.59. The van der Waals surface area contributed by atoms with E-state index in [1.165, 1.54) is 0 Å². The van der Waals surface area contributed by atoms with Crippen LogP contribution in [-0.2, 0) is 33.9 Å². The molecule has 8 nitrogen and oxygen atoms in total. The van der Waals surface area contributed by atoms with Crippen LogP contribution in [-0.4, -0.2) is 61.5 Å². The van der Waals surface area contributed by atoms with Crippen LogP contribution in [0.25, 0.3) is 0 Å². The molecule has 4 aliphatic rings. The Morgan fingerprint density at radius 3 is 2.56 bits per heavy atom. The summed E-state index contributed by atoms with van der Waals surface area (Å²) in [6.45, 7) is 3.08. The van der Waals surface area contributed by atoms with Crippen LogP contribution in [0.15, 0.2) is 12.2 Å². The summed E-state index contributed by atoms with van der Waals surface area (Å²) < 4.78 is 98.1. The van der Waals surface area contributed by atoms with E-state index in [4.69, 9.17) is 18.8 Å². The van der Waals surface area contributed by atoms with Gasteiger partial charge in [0.05, 0.1) is 18.1 Å². The summed E-state index contributed by atoms with van der Waals surface area (Å²) in [5.41, 5.74) is -0.0458. The highest BCUT2D eigenvalue weighted by atomic mass is 32.2. The van der Waals surface area contributed by atoms with Crippen LogP contribution in [0.1, 0.15) is 38.5 Å². The molecule has 1 heterocycles. The highest BCUT2D eigenvalue weighted by molar-refractivity contribution is 7.87. The maximum absolute atomic E-state index is 13.4. The number of esters is 2. The molecule has 4 bridgehead atoms. The van der Waals surface area contributed by atoms with Crippen molar-refractivity contribution in [2.45, 2.75) is 61.9 Å². The van der Waals surface area contributed by atoms with Crippen molar-refractivity contribution >= 4 is 22.1 Å². The third-order valence-electron chi connectivity index (χ3n) is 6.30. The Morgan fingerprint density at radius 2 is 1.91 bits per heavy atom. The van der Waals surface area contributed by atoms with Gasteiger partial charge in [-0.2, -0.15) is 26.0 Å². The first kappa shape index (κ1) is 24.9. The highest BCUT2D eigenvalue weighted by Gasteiger charge is 2.65. The fourth-order valence-corrected chi connectivity index (χ4v) is 5.07. The zero-order valence-electron chi connectivity index (χ0n) is 17.0. The molecule has 182 valence electrons. The van der Waals surface area contributed by atoms with Gasteiger partial charge in [0.2, 0.25) is 0 Å². The smallest absolute Gasteiger partial charge is 0.431 e. The second kappa shape index (κ2) is 8.90. The minimum Gasteiger partial charge on any atom is -0.458 e. The zero-order valence-corrected chi connectivity index (χ0v) is 17.8. The molecule has 0 spiro atoms. The van der Waals surface area contributed by atoms with E-state index in [0.717, 1.165) is 12.8 Å². The Labute approximate surface area is 182 Å². The Morgan fingerprint density at radius 1 is 1.22 bits per heavy atom. The van der Waals surface area contributed by atoms with Crippen molar-refractivity contribution < 1.29 is 54.3 Å². The lowest BCUT2D eigenvalue weighted by Crippen LogP contribution is -2.50. The van der Waals surface area contributed by atoms with Crippen LogP contribution in [0.2, 0.25) is 0 Å². The van der Waals surface area contributed by atoms with Gasteiger partial charge in [0.1, 0.15) is 12.2 Å². The monoisotopic (exact) mass is 488 g/mol. The average molecular weight is 488 g/mol. The molecule has 3 saturated carbocycles. The first-order chi connectivity index (χ1) is 14.8. The predicted molar refractivity (Wildman–Crippen MR) is 99.3 cm³/mol. The summed E-state index contributed by atoms with van der Waals surface area (Å²) in [6.07, 6.45) is -0.859. The molecular weight excluding hydrogens is 464 g/mol. The maximum atomic E-state index is 13.4. The van der Waals surface area contributed by atoms with Crippen LogP contribution >= 0.6 is 0 Å². The number of ether oxygens (including phenoxy) is 3. The Hall–Kier alpha value is -1.73. The van der Waals surface area contributed by atoms with Crippen molar-refractivity contribution in [3.63, 3.8) is 0 Å². The first-order valence-electron chi connectivity index (χ1n) is 10.2. The summed E-state index contributed by atoms with van der Waals surface area (Å²) in [5.74, 6) is -6.00. The molecule has 1 aliphatic heterocycles. The summed E-state index contributed by atoms with van der Waals surface area (Å²) >= 11 is 0. The van der Waals surface area contributed by atoms with E-state index in [1.807, 2.05) is 0 Å². The van der Waals surface area contributed by atoms with E-state index in [9.17, 15) is 35.6 Å². The quantitative estimate of drug-likeness (QED) is 0.155. The van der Waals surface area contributed by atoms with Crippen molar-refractivity contribution in [1.82, 2.24) is 0 Å². The largest absolute Gasteiger partial charge is 0.458 e. The van der Waals surface area contributed by atoms with Crippen molar-refractivity contribution in [2.24, 2.45) is 17.8 Å². The van der Waals surface area contributed by atoms with Crippen LogP contribution in [0.4, 0.5) is 17.6 Å². The lowest BCUT2D eigenvalue weighted by molar-refractivity contribution is -0.169. The van der Waals surface area contributed by atoms with Crippen LogP contribution < -0.4 is 0 Å². The van der Waals surface area contributed by atoms with Gasteiger partial charge in [0, 0.05) is 24.9 Å². The van der Waals surface area contributed by atoms with E-state index in [2.05, 4.69) is 6.58 Å². The molecule has 0 aromatic rings. The minimum absolute atomic E-state index is 0.0293. The number of alkyl halides is 4. The molecule has 1 N–H and O–H groups in total. The molecule has 13 heteroatoms. The number of fused-ring (bicyclic) bond motifs is 1. The Bertz CT molecular complexity index is 875. The highest BCUT2D eigenvalue weighted by Crippen LogP contribution is 2.52. The second-order valence-corrected chi connectivity index (χ2v) is 9.89. The molecule has 0 amide bonds. The van der Waals surface area contributed by atoms with E-state index >= 15 is 0 Å². The maximum Gasteiger partial charge on any atom is 0.431 e. The summed E-state index contributed by atoms with van der Waals surface area (Å²) in [5, 5.41) is -5.59. The van der Waals surface area contributed by atoms with Gasteiger partial charge in [0.15, 0.2) is 0 Å². The Kier molecular flexibility index (Phi) is 6.93.